The van der Waals surface area contributed by atoms with Crippen molar-refractivity contribution in [1.82, 2.24) is 10.6 Å². The van der Waals surface area contributed by atoms with Crippen LogP contribution in [0, 0.1) is 0 Å². The highest BCUT2D eigenvalue weighted by Gasteiger charge is 2.02. The number of aliphatic hydroxyl groups excluding tert-OH is 1. The first-order valence-corrected chi connectivity index (χ1v) is 5.24. The fourth-order valence-corrected chi connectivity index (χ4v) is 0.707. The van der Waals surface area contributed by atoms with Gasteiger partial charge in [0.15, 0.2) is 0 Å². The lowest BCUT2D eigenvalue weighted by atomic mass is 10.7. The zero-order valence-electron chi connectivity index (χ0n) is 7.11. The van der Waals surface area contributed by atoms with E-state index in [2.05, 4.69) is 14.8 Å². The molecule has 0 aromatic heterocycles. The van der Waals surface area contributed by atoms with Crippen LogP contribution < -0.4 is 10.6 Å². The van der Waals surface area contributed by atoms with Crippen LogP contribution in [-0.2, 0) is 14.3 Å². The summed E-state index contributed by atoms with van der Waals surface area (Å²) in [6, 6.07) is -0.599. The fraction of sp³-hybridized carbons (Fsp3) is 0.800. The topological polar surface area (TPSA) is 105 Å². The summed E-state index contributed by atoms with van der Waals surface area (Å²) in [6.07, 6.45) is 0.875. The Hall–Kier alpha value is -0.860. The van der Waals surface area contributed by atoms with Gasteiger partial charge in [-0.05, 0) is 0 Å². The van der Waals surface area contributed by atoms with Crippen LogP contribution in [0.2, 0.25) is 0 Å². The molecule has 7 nitrogen and oxygen atoms in total. The van der Waals surface area contributed by atoms with Gasteiger partial charge in [-0.3, -0.25) is 0 Å². The maximum atomic E-state index is 10.7. The molecule has 0 aliphatic rings. The summed E-state index contributed by atoms with van der Waals surface area (Å²) >= 11 is 0. The number of hydrogen-bond acceptors (Lipinski definition) is 5. The van der Waals surface area contributed by atoms with E-state index in [4.69, 9.17) is 5.11 Å². The molecule has 0 aromatic rings. The van der Waals surface area contributed by atoms with Crippen LogP contribution in [0.5, 0.6) is 0 Å². The minimum absolute atomic E-state index is 0.102. The summed E-state index contributed by atoms with van der Waals surface area (Å²) in [5.41, 5.74) is 0. The Labute approximate surface area is 76.2 Å². The van der Waals surface area contributed by atoms with Gasteiger partial charge in [0.1, 0.15) is 6.73 Å². The van der Waals surface area contributed by atoms with Crippen molar-refractivity contribution in [2.45, 2.75) is 0 Å². The maximum absolute atomic E-state index is 10.7. The third kappa shape index (κ3) is 9.05. The second kappa shape index (κ2) is 5.73. The zero-order chi connectivity index (χ0) is 10.3. The Morgan fingerprint density at radius 1 is 1.46 bits per heavy atom. The van der Waals surface area contributed by atoms with Crippen LogP contribution in [0.4, 0.5) is 4.79 Å². The van der Waals surface area contributed by atoms with Crippen molar-refractivity contribution < 1.29 is 22.5 Å². The summed E-state index contributed by atoms with van der Waals surface area (Å²) in [6.45, 7) is -0.499. The van der Waals surface area contributed by atoms with E-state index in [0.29, 0.717) is 0 Å². The third-order valence-corrected chi connectivity index (χ3v) is 1.45. The van der Waals surface area contributed by atoms with E-state index in [1.54, 1.807) is 0 Å². The molecule has 0 saturated carbocycles. The van der Waals surface area contributed by atoms with Crippen LogP contribution in [0.25, 0.3) is 0 Å². The lowest BCUT2D eigenvalue weighted by Gasteiger charge is -2.05. The van der Waals surface area contributed by atoms with Crippen molar-refractivity contribution in [2.24, 2.45) is 0 Å². The predicted molar refractivity (Wildman–Crippen MR) is 44.4 cm³/mol. The Balaban J connectivity index is 3.49. The van der Waals surface area contributed by atoms with Gasteiger partial charge in [0, 0.05) is 6.54 Å². The highest BCUT2D eigenvalue weighted by molar-refractivity contribution is 7.85. The number of carbonyl (C=O) groups is 1. The quantitative estimate of drug-likeness (QED) is 0.369. The molecule has 0 radical (unpaired) electrons. The molecule has 0 spiro atoms. The molecule has 3 N–H and O–H groups in total. The summed E-state index contributed by atoms with van der Waals surface area (Å²) in [5, 5.41) is 12.7. The van der Waals surface area contributed by atoms with Crippen molar-refractivity contribution in [3.63, 3.8) is 0 Å². The van der Waals surface area contributed by atoms with Gasteiger partial charge >= 0.3 is 6.03 Å². The van der Waals surface area contributed by atoms with Gasteiger partial charge in [-0.2, -0.15) is 8.42 Å². The molecule has 0 aromatic carbocycles. The minimum Gasteiger partial charge on any atom is -0.395 e. The van der Waals surface area contributed by atoms with Gasteiger partial charge in [-0.15, -0.1) is 0 Å². The molecule has 0 aliphatic heterocycles. The van der Waals surface area contributed by atoms with Crippen molar-refractivity contribution in [2.75, 3.05) is 26.1 Å². The Morgan fingerprint density at radius 3 is 2.54 bits per heavy atom. The van der Waals surface area contributed by atoms with Gasteiger partial charge in [0.2, 0.25) is 0 Å². The maximum Gasteiger partial charge on any atom is 0.316 e. The van der Waals surface area contributed by atoms with Crippen molar-refractivity contribution in [1.29, 1.82) is 0 Å². The molecule has 8 heteroatoms. The lowest BCUT2D eigenvalue weighted by Crippen LogP contribution is -2.38. The highest BCUT2D eigenvalue weighted by Crippen LogP contribution is 1.82. The molecule has 0 rings (SSSR count). The van der Waals surface area contributed by atoms with E-state index in [1.807, 2.05) is 0 Å². The average molecular weight is 212 g/mol. The van der Waals surface area contributed by atoms with Crippen LogP contribution in [-0.4, -0.2) is 45.7 Å². The average Bonchev–Trinajstić information content (AvgIpc) is 1.98. The molecule has 0 fully saturated rings. The first-order chi connectivity index (χ1) is 5.95. The minimum atomic E-state index is -3.53. The standard InChI is InChI=1S/C5H12N2O5S/c1-13(10,11)12-4-7-5(9)6-2-3-8/h8H,2-4H2,1H3,(H2,6,7,9). The van der Waals surface area contributed by atoms with E-state index in [1.165, 1.54) is 0 Å². The van der Waals surface area contributed by atoms with Crippen molar-refractivity contribution in [3.8, 4) is 0 Å². The van der Waals surface area contributed by atoms with Crippen LogP contribution in [0.3, 0.4) is 0 Å². The number of amides is 2. The molecule has 0 atom stereocenters. The van der Waals surface area contributed by atoms with Crippen molar-refractivity contribution >= 4 is 16.1 Å². The third-order valence-electron chi connectivity index (χ3n) is 0.903. The van der Waals surface area contributed by atoms with Crippen molar-refractivity contribution in [3.05, 3.63) is 0 Å². The molecular weight excluding hydrogens is 200 g/mol. The van der Waals surface area contributed by atoms with Crippen LogP contribution >= 0.6 is 0 Å². The smallest absolute Gasteiger partial charge is 0.316 e. The molecule has 0 saturated heterocycles. The summed E-state index contributed by atoms with van der Waals surface area (Å²) in [7, 11) is -3.53. The van der Waals surface area contributed by atoms with Gasteiger partial charge in [-0.25, -0.2) is 8.98 Å². The number of urea groups is 1. The van der Waals surface area contributed by atoms with E-state index >= 15 is 0 Å². The predicted octanol–water partition coefficient (Wildman–Crippen LogP) is -1.79. The van der Waals surface area contributed by atoms with Gasteiger partial charge in [0.05, 0.1) is 12.9 Å². The Kier molecular flexibility index (Phi) is 5.35. The second-order valence-electron chi connectivity index (χ2n) is 2.12. The Bertz CT molecular complexity index is 250. The second-order valence-corrected chi connectivity index (χ2v) is 3.77. The number of carbonyl (C=O) groups excluding carboxylic acids is 1. The molecule has 0 aliphatic carbocycles. The lowest BCUT2D eigenvalue weighted by molar-refractivity contribution is 0.221. The Morgan fingerprint density at radius 2 is 2.08 bits per heavy atom. The normalized spacial score (nSPS) is 10.9. The van der Waals surface area contributed by atoms with Gasteiger partial charge in [0.25, 0.3) is 10.1 Å². The monoisotopic (exact) mass is 212 g/mol. The van der Waals surface area contributed by atoms with E-state index in [-0.39, 0.29) is 13.2 Å². The number of nitrogens with one attached hydrogen (secondary N) is 2. The van der Waals surface area contributed by atoms with Crippen LogP contribution in [0.1, 0.15) is 0 Å². The number of aliphatic hydroxyl groups is 1. The summed E-state index contributed by atoms with van der Waals surface area (Å²) in [4.78, 5) is 10.7. The van der Waals surface area contributed by atoms with E-state index < -0.39 is 22.9 Å². The first kappa shape index (κ1) is 12.1. The summed E-state index contributed by atoms with van der Waals surface area (Å²) < 4.78 is 25.0. The molecule has 0 bridgehead atoms. The first-order valence-electron chi connectivity index (χ1n) is 3.42. The van der Waals surface area contributed by atoms with E-state index in [0.717, 1.165) is 6.26 Å². The SMILES string of the molecule is CS(=O)(=O)OCNC(=O)NCCO. The highest BCUT2D eigenvalue weighted by atomic mass is 32.2. The molecular formula is C5H12N2O5S. The van der Waals surface area contributed by atoms with Crippen LogP contribution in [0.15, 0.2) is 0 Å². The van der Waals surface area contributed by atoms with E-state index in [9.17, 15) is 13.2 Å². The zero-order valence-corrected chi connectivity index (χ0v) is 7.93. The largest absolute Gasteiger partial charge is 0.395 e. The molecule has 0 unspecified atom stereocenters. The molecule has 2 amide bonds. The number of hydrogen-bond donors (Lipinski definition) is 3. The molecule has 78 valence electrons. The molecule has 0 heterocycles. The number of rotatable bonds is 5. The molecule has 13 heavy (non-hydrogen) atoms. The van der Waals surface area contributed by atoms with Gasteiger partial charge in [-0.1, -0.05) is 0 Å². The van der Waals surface area contributed by atoms with Gasteiger partial charge < -0.3 is 15.7 Å². The fourth-order valence-electron chi connectivity index (χ4n) is 0.434. The summed E-state index contributed by atoms with van der Waals surface area (Å²) in [5.74, 6) is 0.